The number of aryl methyl sites for hydroxylation is 1. The molecule has 23 heavy (non-hydrogen) atoms. The van der Waals surface area contributed by atoms with Gasteiger partial charge in [-0.1, -0.05) is 38.1 Å². The highest BCUT2D eigenvalue weighted by Gasteiger charge is 2.30. The van der Waals surface area contributed by atoms with E-state index in [9.17, 15) is 9.59 Å². The van der Waals surface area contributed by atoms with E-state index in [1.54, 1.807) is 0 Å². The quantitative estimate of drug-likeness (QED) is 0.755. The summed E-state index contributed by atoms with van der Waals surface area (Å²) in [6.07, 6.45) is 0.745. The molecule has 0 spiro atoms. The molecule has 1 amide bonds. The van der Waals surface area contributed by atoms with Gasteiger partial charge in [-0.15, -0.1) is 0 Å². The van der Waals surface area contributed by atoms with Crippen LogP contribution in [0.1, 0.15) is 50.8 Å². The van der Waals surface area contributed by atoms with E-state index in [0.29, 0.717) is 25.4 Å². The number of rotatable bonds is 6. The highest BCUT2D eigenvalue weighted by Crippen LogP contribution is 2.27. The molecule has 126 valence electrons. The zero-order valence-corrected chi connectivity index (χ0v) is 14.5. The Bertz CT molecular complexity index is 567. The highest BCUT2D eigenvalue weighted by molar-refractivity contribution is 5.79. The van der Waals surface area contributed by atoms with Crippen LogP contribution in [0.4, 0.5) is 0 Å². The van der Waals surface area contributed by atoms with Crippen molar-refractivity contribution >= 4 is 11.9 Å². The molecule has 1 saturated heterocycles. The van der Waals surface area contributed by atoms with Gasteiger partial charge in [-0.2, -0.15) is 0 Å². The molecule has 0 radical (unpaired) electrons. The van der Waals surface area contributed by atoms with Gasteiger partial charge in [0.1, 0.15) is 0 Å². The smallest absolute Gasteiger partial charge is 0.306 e. The lowest BCUT2D eigenvalue weighted by Gasteiger charge is -2.32. The summed E-state index contributed by atoms with van der Waals surface area (Å²) < 4.78 is 4.98. The maximum absolute atomic E-state index is 12.8. The first-order chi connectivity index (χ1) is 10.9. The van der Waals surface area contributed by atoms with Gasteiger partial charge in [0, 0.05) is 18.9 Å². The molecule has 1 aliphatic rings. The summed E-state index contributed by atoms with van der Waals surface area (Å²) >= 11 is 0. The van der Waals surface area contributed by atoms with E-state index in [0.717, 1.165) is 6.54 Å². The molecule has 0 N–H and O–H groups in total. The molecule has 2 atom stereocenters. The van der Waals surface area contributed by atoms with Gasteiger partial charge in [0.25, 0.3) is 0 Å². The number of cyclic esters (lactones) is 1. The fraction of sp³-hybridized carbons (Fsp3) is 0.579. The third kappa shape index (κ3) is 4.57. The zero-order valence-electron chi connectivity index (χ0n) is 14.5. The Kier molecular flexibility index (Phi) is 5.80. The Morgan fingerprint density at radius 2 is 2.00 bits per heavy atom. The van der Waals surface area contributed by atoms with Gasteiger partial charge >= 0.3 is 5.97 Å². The van der Waals surface area contributed by atoms with Crippen molar-refractivity contribution in [2.24, 2.45) is 11.8 Å². The van der Waals surface area contributed by atoms with E-state index < -0.39 is 0 Å². The van der Waals surface area contributed by atoms with Crippen LogP contribution in [0.2, 0.25) is 0 Å². The van der Waals surface area contributed by atoms with Crippen LogP contribution in [0, 0.1) is 18.8 Å². The van der Waals surface area contributed by atoms with Crippen molar-refractivity contribution in [3.05, 3.63) is 35.4 Å². The van der Waals surface area contributed by atoms with Gasteiger partial charge in [0.2, 0.25) is 5.91 Å². The first-order valence-corrected chi connectivity index (χ1v) is 8.39. The van der Waals surface area contributed by atoms with E-state index in [2.05, 4.69) is 39.8 Å². The summed E-state index contributed by atoms with van der Waals surface area (Å²) in [6.45, 7) is 9.49. The molecule has 0 bridgehead atoms. The minimum atomic E-state index is -0.190. The average molecular weight is 317 g/mol. The van der Waals surface area contributed by atoms with Crippen molar-refractivity contribution in [2.75, 3.05) is 13.2 Å². The maximum atomic E-state index is 12.8. The molecule has 1 aromatic rings. The van der Waals surface area contributed by atoms with Crippen molar-refractivity contribution in [1.29, 1.82) is 0 Å². The number of amides is 1. The summed E-state index contributed by atoms with van der Waals surface area (Å²) in [5, 5.41) is 0. The third-order valence-electron chi connectivity index (χ3n) is 4.39. The number of nitrogens with zero attached hydrogens (tertiary/aromatic N) is 1. The average Bonchev–Trinajstić information content (AvgIpc) is 2.89. The van der Waals surface area contributed by atoms with Gasteiger partial charge in [0.15, 0.2) is 0 Å². The number of carbonyl (C=O) groups is 2. The van der Waals surface area contributed by atoms with Gasteiger partial charge in [0.05, 0.1) is 19.1 Å². The molecule has 1 fully saturated rings. The minimum Gasteiger partial charge on any atom is -0.465 e. The first kappa shape index (κ1) is 17.5. The van der Waals surface area contributed by atoms with E-state index in [1.165, 1.54) is 11.1 Å². The lowest BCUT2D eigenvalue weighted by atomic mass is 9.98. The number of esters is 1. The molecule has 1 heterocycles. The topological polar surface area (TPSA) is 46.6 Å². The van der Waals surface area contributed by atoms with Crippen LogP contribution in [0.3, 0.4) is 0 Å². The Morgan fingerprint density at radius 1 is 1.30 bits per heavy atom. The number of ether oxygens (including phenoxy) is 1. The predicted octanol–water partition coefficient (Wildman–Crippen LogP) is 3.49. The van der Waals surface area contributed by atoms with Crippen molar-refractivity contribution in [1.82, 2.24) is 4.90 Å². The second-order valence-corrected chi connectivity index (χ2v) is 6.93. The highest BCUT2D eigenvalue weighted by atomic mass is 16.5. The molecule has 4 heteroatoms. The van der Waals surface area contributed by atoms with Gasteiger partial charge < -0.3 is 9.64 Å². The fourth-order valence-electron chi connectivity index (χ4n) is 3.15. The summed E-state index contributed by atoms with van der Waals surface area (Å²) in [7, 11) is 0. The van der Waals surface area contributed by atoms with Crippen LogP contribution in [0.25, 0.3) is 0 Å². The molecule has 0 saturated carbocycles. The van der Waals surface area contributed by atoms with E-state index in [4.69, 9.17) is 4.74 Å². The second-order valence-electron chi connectivity index (χ2n) is 6.93. The van der Waals surface area contributed by atoms with Gasteiger partial charge in [-0.3, -0.25) is 9.59 Å². The fourth-order valence-corrected chi connectivity index (χ4v) is 3.15. The molecular weight excluding hydrogens is 290 g/mol. The molecular formula is C19H27NO3. The predicted molar refractivity (Wildman–Crippen MR) is 89.8 cm³/mol. The number of benzene rings is 1. The summed E-state index contributed by atoms with van der Waals surface area (Å²) in [5.74, 6) is 0.337. The maximum Gasteiger partial charge on any atom is 0.306 e. The first-order valence-electron chi connectivity index (χ1n) is 8.39. The van der Waals surface area contributed by atoms with Crippen LogP contribution in [-0.4, -0.2) is 29.9 Å². The van der Waals surface area contributed by atoms with Crippen LogP contribution in [0.15, 0.2) is 24.3 Å². The van der Waals surface area contributed by atoms with Crippen LogP contribution >= 0.6 is 0 Å². The normalized spacial score (nSPS) is 18.8. The van der Waals surface area contributed by atoms with Crippen molar-refractivity contribution < 1.29 is 14.3 Å². The molecule has 0 aromatic heterocycles. The Hall–Kier alpha value is -1.84. The summed E-state index contributed by atoms with van der Waals surface area (Å²) in [5.41, 5.74) is 2.38. The molecule has 0 unspecified atom stereocenters. The number of carbonyl (C=O) groups excluding carboxylic acids is 2. The SMILES string of the molecule is Cc1ccccc1[C@@H](C)N(CC(C)C)C(=O)C[C@@H]1COC(=O)C1. The summed E-state index contributed by atoms with van der Waals surface area (Å²) in [6, 6.07) is 8.22. The Balaban J connectivity index is 2.14. The molecule has 2 rings (SSSR count). The summed E-state index contributed by atoms with van der Waals surface area (Å²) in [4.78, 5) is 26.0. The van der Waals surface area contributed by atoms with Crippen molar-refractivity contribution in [3.63, 3.8) is 0 Å². The van der Waals surface area contributed by atoms with Gasteiger partial charge in [-0.25, -0.2) is 0 Å². The van der Waals surface area contributed by atoms with Crippen LogP contribution in [-0.2, 0) is 14.3 Å². The van der Waals surface area contributed by atoms with E-state index in [1.807, 2.05) is 17.0 Å². The van der Waals surface area contributed by atoms with Gasteiger partial charge in [-0.05, 0) is 30.9 Å². The van der Waals surface area contributed by atoms with Crippen molar-refractivity contribution in [3.8, 4) is 0 Å². The largest absolute Gasteiger partial charge is 0.465 e. The zero-order chi connectivity index (χ0) is 17.0. The number of hydrogen-bond acceptors (Lipinski definition) is 3. The third-order valence-corrected chi connectivity index (χ3v) is 4.39. The van der Waals surface area contributed by atoms with Crippen LogP contribution < -0.4 is 0 Å². The van der Waals surface area contributed by atoms with E-state index >= 15 is 0 Å². The standard InChI is InChI=1S/C19H27NO3/c1-13(2)11-20(15(4)17-8-6-5-7-14(17)3)18(21)9-16-10-19(22)23-12-16/h5-8,13,15-16H,9-12H2,1-4H3/t15-,16+/m1/s1. The number of hydrogen-bond donors (Lipinski definition) is 0. The lowest BCUT2D eigenvalue weighted by molar-refractivity contribution is -0.138. The molecule has 1 aromatic carbocycles. The molecule has 0 aliphatic carbocycles. The lowest BCUT2D eigenvalue weighted by Crippen LogP contribution is -2.37. The molecule has 4 nitrogen and oxygen atoms in total. The monoisotopic (exact) mass is 317 g/mol. The van der Waals surface area contributed by atoms with E-state index in [-0.39, 0.29) is 23.8 Å². The molecule has 1 aliphatic heterocycles. The minimum absolute atomic E-state index is 0.0220. The van der Waals surface area contributed by atoms with Crippen molar-refractivity contribution in [2.45, 2.75) is 46.6 Å². The Morgan fingerprint density at radius 3 is 2.57 bits per heavy atom. The van der Waals surface area contributed by atoms with Crippen LogP contribution in [0.5, 0.6) is 0 Å². The second kappa shape index (κ2) is 7.62. The Labute approximate surface area is 138 Å².